The largest absolute Gasteiger partial charge is 0.330 e. The summed E-state index contributed by atoms with van der Waals surface area (Å²) in [5.74, 6) is 0.788. The first-order chi connectivity index (χ1) is 15.3. The molecule has 2 heterocycles. The Labute approximate surface area is 191 Å². The average molecular weight is 458 g/mol. The summed E-state index contributed by atoms with van der Waals surface area (Å²) >= 11 is 1.61. The van der Waals surface area contributed by atoms with E-state index in [1.54, 1.807) is 11.8 Å². The van der Waals surface area contributed by atoms with Crippen LogP contribution < -0.4 is 16.6 Å². The van der Waals surface area contributed by atoms with Gasteiger partial charge in [-0.3, -0.25) is 19.1 Å². The van der Waals surface area contributed by atoms with Crippen molar-refractivity contribution in [1.29, 1.82) is 0 Å². The van der Waals surface area contributed by atoms with Crippen molar-refractivity contribution in [3.63, 3.8) is 0 Å². The molecule has 0 aliphatic rings. The van der Waals surface area contributed by atoms with Crippen molar-refractivity contribution in [2.75, 3.05) is 11.6 Å². The van der Waals surface area contributed by atoms with Crippen LogP contribution in [0.4, 0.5) is 5.69 Å². The minimum absolute atomic E-state index is 0.122. The van der Waals surface area contributed by atoms with Crippen molar-refractivity contribution in [3.8, 4) is 0 Å². The van der Waals surface area contributed by atoms with Gasteiger partial charge in [-0.05, 0) is 36.8 Å². The molecule has 2 aromatic heterocycles. The number of aryl methyl sites for hydroxylation is 2. The van der Waals surface area contributed by atoms with Gasteiger partial charge in [-0.1, -0.05) is 33.3 Å². The van der Waals surface area contributed by atoms with E-state index >= 15 is 0 Å². The number of aromatic nitrogens is 4. The number of unbranched alkanes of at least 4 members (excludes halogenated alkanes) is 1. The van der Waals surface area contributed by atoms with Gasteiger partial charge in [0.15, 0.2) is 11.2 Å². The summed E-state index contributed by atoms with van der Waals surface area (Å²) in [5, 5.41) is 2.93. The minimum Gasteiger partial charge on any atom is -0.326 e. The zero-order valence-electron chi connectivity index (χ0n) is 19.1. The smallest absolute Gasteiger partial charge is 0.326 e. The van der Waals surface area contributed by atoms with Crippen molar-refractivity contribution in [1.82, 2.24) is 19.1 Å². The molecule has 9 heteroatoms. The zero-order valence-corrected chi connectivity index (χ0v) is 19.9. The van der Waals surface area contributed by atoms with Gasteiger partial charge in [0.1, 0.15) is 5.82 Å². The molecule has 0 saturated heterocycles. The van der Waals surface area contributed by atoms with E-state index in [9.17, 15) is 14.4 Å². The zero-order chi connectivity index (χ0) is 23.3. The highest BCUT2D eigenvalue weighted by Crippen LogP contribution is 2.20. The molecule has 0 spiro atoms. The quantitative estimate of drug-likeness (QED) is 0.453. The molecule has 1 aromatic carbocycles. The Balaban J connectivity index is 1.90. The van der Waals surface area contributed by atoms with E-state index in [2.05, 4.69) is 29.1 Å². The molecule has 0 fully saturated rings. The number of imidazole rings is 1. The van der Waals surface area contributed by atoms with Crippen LogP contribution in [-0.2, 0) is 24.3 Å². The van der Waals surface area contributed by atoms with E-state index in [1.807, 2.05) is 42.0 Å². The Morgan fingerprint density at radius 2 is 2.03 bits per heavy atom. The van der Waals surface area contributed by atoms with Crippen LogP contribution in [0.25, 0.3) is 11.2 Å². The maximum Gasteiger partial charge on any atom is 0.330 e. The van der Waals surface area contributed by atoms with Crippen molar-refractivity contribution in [2.24, 2.45) is 5.92 Å². The number of nitrogens with one attached hydrogen (secondary N) is 2. The van der Waals surface area contributed by atoms with E-state index in [1.165, 1.54) is 4.57 Å². The van der Waals surface area contributed by atoms with Crippen LogP contribution in [0.5, 0.6) is 0 Å². The first-order valence-electron chi connectivity index (χ1n) is 11.0. The summed E-state index contributed by atoms with van der Waals surface area (Å²) in [6.07, 6.45) is 4.32. The number of benzene rings is 1. The highest BCUT2D eigenvalue weighted by molar-refractivity contribution is 7.98. The van der Waals surface area contributed by atoms with E-state index < -0.39 is 11.2 Å². The van der Waals surface area contributed by atoms with Crippen molar-refractivity contribution < 1.29 is 4.79 Å². The highest BCUT2D eigenvalue weighted by atomic mass is 32.2. The molecule has 32 heavy (non-hydrogen) atoms. The van der Waals surface area contributed by atoms with Crippen LogP contribution >= 0.6 is 11.8 Å². The standard InChI is InChI=1S/C23H31N5O3S/c1-5-6-12-27-21-20(22(30)26-23(27)31)28(14-15(2)3)18(25-21)10-11-19(29)24-16-8-7-9-17(13-16)32-4/h7-9,13,15H,5-6,10-12,14H2,1-4H3,(H,24,29)(H,26,30,31). The molecule has 1 amide bonds. The molecule has 0 saturated carbocycles. The molecule has 8 nitrogen and oxygen atoms in total. The SMILES string of the molecule is CCCCn1c(=O)[nH]c(=O)c2c1nc(CCC(=O)Nc1cccc(SC)c1)n2CC(C)C. The number of carbonyl (C=O) groups excluding carboxylic acids is 1. The number of aromatic amines is 1. The van der Waals surface area contributed by atoms with Crippen LogP contribution in [0.15, 0.2) is 38.8 Å². The fourth-order valence-electron chi connectivity index (χ4n) is 3.64. The Hall–Kier alpha value is -2.81. The molecule has 0 atom stereocenters. The second-order valence-corrected chi connectivity index (χ2v) is 9.13. The molecule has 3 rings (SSSR count). The average Bonchev–Trinajstić information content (AvgIpc) is 3.10. The number of carbonyl (C=O) groups is 1. The van der Waals surface area contributed by atoms with Crippen LogP contribution in [0.2, 0.25) is 0 Å². The molecule has 0 unspecified atom stereocenters. The molecule has 2 N–H and O–H groups in total. The number of thioether (sulfide) groups is 1. The molecular weight excluding hydrogens is 426 g/mol. The second kappa shape index (κ2) is 10.7. The summed E-state index contributed by atoms with van der Waals surface area (Å²) in [5.41, 5.74) is 0.675. The lowest BCUT2D eigenvalue weighted by Crippen LogP contribution is -2.31. The first kappa shape index (κ1) is 23.8. The monoisotopic (exact) mass is 457 g/mol. The van der Waals surface area contributed by atoms with E-state index in [4.69, 9.17) is 0 Å². The number of hydrogen-bond donors (Lipinski definition) is 2. The minimum atomic E-state index is -0.442. The molecule has 0 radical (unpaired) electrons. The summed E-state index contributed by atoms with van der Waals surface area (Å²) in [7, 11) is 0. The summed E-state index contributed by atoms with van der Waals surface area (Å²) in [4.78, 5) is 45.9. The summed E-state index contributed by atoms with van der Waals surface area (Å²) in [6, 6.07) is 7.69. The van der Waals surface area contributed by atoms with E-state index in [-0.39, 0.29) is 18.2 Å². The third-order valence-corrected chi connectivity index (χ3v) is 5.90. The third-order valence-electron chi connectivity index (χ3n) is 5.18. The van der Waals surface area contributed by atoms with Crippen LogP contribution in [0, 0.1) is 5.92 Å². The summed E-state index contributed by atoms with van der Waals surface area (Å²) < 4.78 is 3.40. The lowest BCUT2D eigenvalue weighted by atomic mass is 10.2. The van der Waals surface area contributed by atoms with Gasteiger partial charge in [0.2, 0.25) is 5.91 Å². The Bertz CT molecular complexity index is 1210. The van der Waals surface area contributed by atoms with Crippen molar-refractivity contribution >= 4 is 34.5 Å². The molecule has 172 valence electrons. The lowest BCUT2D eigenvalue weighted by Gasteiger charge is -2.12. The maximum atomic E-state index is 12.7. The molecular formula is C23H31N5O3S. The molecule has 0 aliphatic heterocycles. The van der Waals surface area contributed by atoms with Gasteiger partial charge in [-0.15, -0.1) is 11.8 Å². The Kier molecular flexibility index (Phi) is 7.95. The Morgan fingerprint density at radius 1 is 1.25 bits per heavy atom. The van der Waals surface area contributed by atoms with Crippen LogP contribution in [-0.4, -0.2) is 31.3 Å². The maximum absolute atomic E-state index is 12.7. The number of amides is 1. The predicted molar refractivity (Wildman–Crippen MR) is 130 cm³/mol. The van der Waals surface area contributed by atoms with Gasteiger partial charge in [-0.25, -0.2) is 9.78 Å². The van der Waals surface area contributed by atoms with Gasteiger partial charge < -0.3 is 9.88 Å². The molecule has 3 aromatic rings. The van der Waals surface area contributed by atoms with Crippen molar-refractivity contribution in [3.05, 3.63) is 50.9 Å². The van der Waals surface area contributed by atoms with Crippen molar-refractivity contribution in [2.45, 2.75) is 64.4 Å². The van der Waals surface area contributed by atoms with Crippen LogP contribution in [0.3, 0.4) is 0 Å². The van der Waals surface area contributed by atoms with Gasteiger partial charge in [-0.2, -0.15) is 0 Å². The topological polar surface area (TPSA) is 102 Å². The highest BCUT2D eigenvalue weighted by Gasteiger charge is 2.19. The predicted octanol–water partition coefficient (Wildman–Crippen LogP) is 3.64. The number of H-pyrrole nitrogens is 1. The number of fused-ring (bicyclic) bond motifs is 1. The third kappa shape index (κ3) is 5.51. The number of hydrogen-bond acceptors (Lipinski definition) is 5. The molecule has 0 aliphatic carbocycles. The normalized spacial score (nSPS) is 11.4. The van der Waals surface area contributed by atoms with Crippen LogP contribution in [0.1, 0.15) is 45.9 Å². The number of rotatable bonds is 10. The fourth-order valence-corrected chi connectivity index (χ4v) is 4.10. The first-order valence-corrected chi connectivity index (χ1v) is 12.2. The lowest BCUT2D eigenvalue weighted by molar-refractivity contribution is -0.116. The van der Waals surface area contributed by atoms with Gasteiger partial charge in [0.25, 0.3) is 5.56 Å². The van der Waals surface area contributed by atoms with E-state index in [0.29, 0.717) is 36.5 Å². The number of nitrogens with zero attached hydrogens (tertiary/aromatic N) is 3. The fraction of sp³-hybridized carbons (Fsp3) is 0.478. The second-order valence-electron chi connectivity index (χ2n) is 8.25. The van der Waals surface area contributed by atoms with Gasteiger partial charge in [0, 0.05) is 36.5 Å². The van der Waals surface area contributed by atoms with Gasteiger partial charge in [0.05, 0.1) is 0 Å². The number of anilines is 1. The molecule has 0 bridgehead atoms. The van der Waals surface area contributed by atoms with E-state index in [0.717, 1.165) is 23.4 Å². The Morgan fingerprint density at radius 3 is 2.72 bits per heavy atom. The van der Waals surface area contributed by atoms with Gasteiger partial charge >= 0.3 is 5.69 Å². The summed E-state index contributed by atoms with van der Waals surface area (Å²) in [6.45, 7) is 7.24.